The van der Waals surface area contributed by atoms with Gasteiger partial charge in [0.1, 0.15) is 0 Å². The van der Waals surface area contributed by atoms with Crippen molar-refractivity contribution in [2.24, 2.45) is 5.11 Å². The van der Waals surface area contributed by atoms with Gasteiger partial charge in [-0.15, -0.1) is 0 Å². The fraction of sp³-hybridized carbons (Fsp3) is 0.300. The predicted octanol–water partition coefficient (Wildman–Crippen LogP) is 2.31. The van der Waals surface area contributed by atoms with Crippen LogP contribution in [0.4, 0.5) is 4.79 Å². The molecule has 0 aliphatic rings. The van der Waals surface area contributed by atoms with Crippen LogP contribution < -0.4 is 5.32 Å². The molecule has 1 amide bonds. The Bertz CT molecular complexity index is 388. The van der Waals surface area contributed by atoms with Crippen molar-refractivity contribution >= 4 is 6.09 Å². The van der Waals surface area contributed by atoms with E-state index in [9.17, 15) is 4.79 Å². The summed E-state index contributed by atoms with van der Waals surface area (Å²) in [7, 11) is 0. The smallest absolute Gasteiger partial charge is 0.404 e. The Morgan fingerprint density at radius 3 is 2.75 bits per heavy atom. The first-order valence-corrected chi connectivity index (χ1v) is 4.78. The number of carbonyl (C=O) groups is 1. The summed E-state index contributed by atoms with van der Waals surface area (Å²) in [6.07, 6.45) is -0.438. The van der Waals surface area contributed by atoms with E-state index in [-0.39, 0.29) is 6.54 Å². The van der Waals surface area contributed by atoms with Crippen molar-refractivity contribution < 1.29 is 9.90 Å². The van der Waals surface area contributed by atoms with E-state index < -0.39 is 6.09 Å². The Labute approximate surface area is 92.5 Å². The molecule has 0 bridgehead atoms. The van der Waals surface area contributed by atoms with E-state index >= 15 is 0 Å². The van der Waals surface area contributed by atoms with E-state index in [1.807, 2.05) is 24.3 Å². The summed E-state index contributed by atoms with van der Waals surface area (Å²) in [4.78, 5) is 13.0. The maximum absolute atomic E-state index is 10.4. The summed E-state index contributed by atoms with van der Waals surface area (Å²) in [5, 5.41) is 14.3. The van der Waals surface area contributed by atoms with Gasteiger partial charge in [0.25, 0.3) is 0 Å². The number of amides is 1. The third-order valence-corrected chi connectivity index (χ3v) is 2.09. The molecule has 6 heteroatoms. The lowest BCUT2D eigenvalue weighted by Crippen LogP contribution is -2.20. The molecule has 0 saturated heterocycles. The molecule has 0 aliphatic heterocycles. The van der Waals surface area contributed by atoms with E-state index in [4.69, 9.17) is 10.6 Å². The van der Waals surface area contributed by atoms with Crippen molar-refractivity contribution in [3.8, 4) is 0 Å². The lowest BCUT2D eigenvalue weighted by Gasteiger charge is -2.07. The second-order valence-corrected chi connectivity index (χ2v) is 3.13. The minimum atomic E-state index is -1.05. The first-order valence-electron chi connectivity index (χ1n) is 4.78. The number of azide groups is 1. The zero-order valence-electron chi connectivity index (χ0n) is 8.63. The molecule has 16 heavy (non-hydrogen) atoms. The number of hydrogen-bond acceptors (Lipinski definition) is 2. The Balaban J connectivity index is 2.66. The molecule has 0 atom stereocenters. The van der Waals surface area contributed by atoms with Crippen LogP contribution >= 0.6 is 0 Å². The van der Waals surface area contributed by atoms with Gasteiger partial charge in [-0.05, 0) is 23.1 Å². The zero-order valence-corrected chi connectivity index (χ0v) is 8.63. The molecule has 0 saturated carbocycles. The van der Waals surface area contributed by atoms with Gasteiger partial charge in [-0.3, -0.25) is 0 Å². The first kappa shape index (κ1) is 11.9. The Kier molecular flexibility index (Phi) is 4.69. The molecule has 84 valence electrons. The molecule has 1 rings (SSSR count). The van der Waals surface area contributed by atoms with Crippen LogP contribution in [0.25, 0.3) is 10.4 Å². The van der Waals surface area contributed by atoms with Gasteiger partial charge in [0.15, 0.2) is 0 Å². The molecule has 0 spiro atoms. The SMILES string of the molecule is [N-]=[N+]=NCCc1ccccc1CNC(=O)O. The monoisotopic (exact) mass is 220 g/mol. The highest BCUT2D eigenvalue weighted by Crippen LogP contribution is 2.09. The highest BCUT2D eigenvalue weighted by molar-refractivity contribution is 5.64. The van der Waals surface area contributed by atoms with Crippen molar-refractivity contribution in [1.82, 2.24) is 5.32 Å². The quantitative estimate of drug-likeness (QED) is 0.452. The average molecular weight is 220 g/mol. The predicted molar refractivity (Wildman–Crippen MR) is 59.0 cm³/mol. The van der Waals surface area contributed by atoms with E-state index in [0.717, 1.165) is 11.1 Å². The summed E-state index contributed by atoms with van der Waals surface area (Å²) in [5.41, 5.74) is 10.0. The third kappa shape index (κ3) is 3.89. The summed E-state index contributed by atoms with van der Waals surface area (Å²) < 4.78 is 0. The van der Waals surface area contributed by atoms with E-state index in [2.05, 4.69) is 15.3 Å². The Morgan fingerprint density at radius 2 is 2.12 bits per heavy atom. The number of nitrogens with one attached hydrogen (secondary N) is 1. The molecular weight excluding hydrogens is 208 g/mol. The van der Waals surface area contributed by atoms with Gasteiger partial charge in [-0.1, -0.05) is 29.4 Å². The van der Waals surface area contributed by atoms with Gasteiger partial charge >= 0.3 is 6.09 Å². The zero-order chi connectivity index (χ0) is 11.8. The molecule has 2 N–H and O–H groups in total. The molecule has 0 radical (unpaired) electrons. The number of carboxylic acid groups (broad SMARTS) is 1. The highest BCUT2D eigenvalue weighted by Gasteiger charge is 2.02. The van der Waals surface area contributed by atoms with Crippen LogP contribution in [0.3, 0.4) is 0 Å². The van der Waals surface area contributed by atoms with Crippen LogP contribution in [0, 0.1) is 0 Å². The van der Waals surface area contributed by atoms with Gasteiger partial charge in [-0.2, -0.15) is 0 Å². The van der Waals surface area contributed by atoms with Crippen LogP contribution in [0.1, 0.15) is 11.1 Å². The van der Waals surface area contributed by atoms with E-state index in [0.29, 0.717) is 13.0 Å². The molecule has 0 heterocycles. The van der Waals surface area contributed by atoms with Crippen molar-refractivity contribution in [2.45, 2.75) is 13.0 Å². The number of rotatable bonds is 5. The lowest BCUT2D eigenvalue weighted by atomic mass is 10.0. The molecule has 6 nitrogen and oxygen atoms in total. The van der Waals surface area contributed by atoms with Gasteiger partial charge in [0.05, 0.1) is 0 Å². The first-order chi connectivity index (χ1) is 7.74. The summed E-state index contributed by atoms with van der Waals surface area (Å²) >= 11 is 0. The van der Waals surface area contributed by atoms with Gasteiger partial charge in [0, 0.05) is 18.0 Å². The number of nitrogens with zero attached hydrogens (tertiary/aromatic N) is 3. The van der Waals surface area contributed by atoms with Crippen molar-refractivity contribution in [2.75, 3.05) is 6.54 Å². The number of hydrogen-bond donors (Lipinski definition) is 2. The Hall–Kier alpha value is -2.20. The van der Waals surface area contributed by atoms with Crippen LogP contribution in [-0.2, 0) is 13.0 Å². The molecule has 1 aromatic rings. The van der Waals surface area contributed by atoms with Gasteiger partial charge in [-0.25, -0.2) is 4.79 Å². The van der Waals surface area contributed by atoms with Crippen molar-refractivity contribution in [3.05, 3.63) is 45.8 Å². The topological polar surface area (TPSA) is 98.1 Å². The van der Waals surface area contributed by atoms with E-state index in [1.54, 1.807) is 0 Å². The molecule has 0 aromatic heterocycles. The standard InChI is InChI=1S/C10H12N4O2/c11-14-13-6-5-8-3-1-2-4-9(8)7-12-10(15)16/h1-4,12H,5-7H2,(H,15,16). The fourth-order valence-corrected chi connectivity index (χ4v) is 1.36. The molecular formula is C10H12N4O2. The Morgan fingerprint density at radius 1 is 1.44 bits per heavy atom. The molecule has 0 fully saturated rings. The average Bonchev–Trinajstić information content (AvgIpc) is 2.28. The second-order valence-electron chi connectivity index (χ2n) is 3.13. The molecule has 0 aliphatic carbocycles. The normalized spacial score (nSPS) is 9.25. The third-order valence-electron chi connectivity index (χ3n) is 2.09. The van der Waals surface area contributed by atoms with Crippen LogP contribution in [0.15, 0.2) is 29.4 Å². The van der Waals surface area contributed by atoms with Crippen LogP contribution in [0.2, 0.25) is 0 Å². The maximum atomic E-state index is 10.4. The highest BCUT2D eigenvalue weighted by atomic mass is 16.4. The maximum Gasteiger partial charge on any atom is 0.404 e. The summed E-state index contributed by atoms with van der Waals surface area (Å²) in [6.45, 7) is 0.641. The minimum absolute atomic E-state index is 0.266. The van der Waals surface area contributed by atoms with Gasteiger partial charge < -0.3 is 10.4 Å². The van der Waals surface area contributed by atoms with Crippen LogP contribution in [0.5, 0.6) is 0 Å². The summed E-state index contributed by atoms with van der Waals surface area (Å²) in [6, 6.07) is 7.46. The van der Waals surface area contributed by atoms with E-state index in [1.165, 1.54) is 0 Å². The second kappa shape index (κ2) is 6.31. The summed E-state index contributed by atoms with van der Waals surface area (Å²) in [5.74, 6) is 0. The van der Waals surface area contributed by atoms with Gasteiger partial charge in [0.2, 0.25) is 0 Å². The van der Waals surface area contributed by atoms with Crippen LogP contribution in [-0.4, -0.2) is 17.7 Å². The number of benzene rings is 1. The molecule has 0 unspecified atom stereocenters. The largest absolute Gasteiger partial charge is 0.465 e. The minimum Gasteiger partial charge on any atom is -0.465 e. The van der Waals surface area contributed by atoms with Crippen molar-refractivity contribution in [1.29, 1.82) is 0 Å². The van der Waals surface area contributed by atoms with Crippen molar-refractivity contribution in [3.63, 3.8) is 0 Å². The molecule has 1 aromatic carbocycles. The fourth-order valence-electron chi connectivity index (χ4n) is 1.36. The lowest BCUT2D eigenvalue weighted by molar-refractivity contribution is 0.194.